The summed E-state index contributed by atoms with van der Waals surface area (Å²) in [5, 5.41) is 2.70. The third kappa shape index (κ3) is 3.88. The van der Waals surface area contributed by atoms with Crippen molar-refractivity contribution in [2.75, 3.05) is 31.5 Å². The molecule has 2 heterocycles. The van der Waals surface area contributed by atoms with Gasteiger partial charge in [0.25, 0.3) is 11.8 Å². The molecule has 10 heteroatoms. The molecule has 2 amide bonds. The van der Waals surface area contributed by atoms with Crippen LogP contribution in [0.1, 0.15) is 22.8 Å². The van der Waals surface area contributed by atoms with Crippen LogP contribution in [0, 0.1) is 12.7 Å². The molecular weight excluding hydrogens is 425 g/mol. The van der Waals surface area contributed by atoms with Crippen LogP contribution in [0.5, 0.6) is 5.75 Å². The molecular formula is C21H22FN3O5S. The Morgan fingerprint density at radius 3 is 2.52 bits per heavy atom. The number of amides is 2. The van der Waals surface area contributed by atoms with E-state index in [-0.39, 0.29) is 42.5 Å². The molecule has 31 heavy (non-hydrogen) atoms. The van der Waals surface area contributed by atoms with Gasteiger partial charge < -0.3 is 15.0 Å². The standard InChI is InChI=1S/C21H22FN3O5S/c1-13-11-17-18(30-14(2)20(26)23-17)12-19(13)31(28,29)25-9-7-24(8-10-25)21(27)15-5-3-4-6-16(15)22/h3-6,11-12,14H,7-10H2,1-2H3,(H,23,26)/t14-/m0/s1. The molecule has 4 rings (SSSR count). The second kappa shape index (κ2) is 7.93. The quantitative estimate of drug-likeness (QED) is 0.777. The van der Waals surface area contributed by atoms with Crippen molar-refractivity contribution in [3.8, 4) is 5.75 Å². The molecule has 2 aliphatic heterocycles. The fourth-order valence-electron chi connectivity index (χ4n) is 3.70. The lowest BCUT2D eigenvalue weighted by molar-refractivity contribution is -0.122. The average molecular weight is 447 g/mol. The maximum atomic E-state index is 13.9. The zero-order chi connectivity index (χ0) is 22.3. The summed E-state index contributed by atoms with van der Waals surface area (Å²) in [6.07, 6.45) is -0.723. The van der Waals surface area contributed by atoms with E-state index in [1.54, 1.807) is 26.0 Å². The second-order valence-corrected chi connectivity index (χ2v) is 9.45. The van der Waals surface area contributed by atoms with Crippen molar-refractivity contribution in [3.63, 3.8) is 0 Å². The number of hydrogen-bond acceptors (Lipinski definition) is 5. The molecule has 164 valence electrons. The molecule has 0 aliphatic carbocycles. The fourth-order valence-corrected chi connectivity index (χ4v) is 5.34. The van der Waals surface area contributed by atoms with Crippen LogP contribution in [0.4, 0.5) is 10.1 Å². The number of anilines is 1. The smallest absolute Gasteiger partial charge is 0.265 e. The van der Waals surface area contributed by atoms with E-state index in [1.807, 2.05) is 0 Å². The monoisotopic (exact) mass is 447 g/mol. The van der Waals surface area contributed by atoms with Gasteiger partial charge in [-0.05, 0) is 37.6 Å². The number of benzene rings is 2. The van der Waals surface area contributed by atoms with Crippen molar-refractivity contribution in [2.45, 2.75) is 24.8 Å². The lowest BCUT2D eigenvalue weighted by atomic mass is 10.1. The van der Waals surface area contributed by atoms with E-state index in [4.69, 9.17) is 4.74 Å². The molecule has 8 nitrogen and oxygen atoms in total. The van der Waals surface area contributed by atoms with Gasteiger partial charge >= 0.3 is 0 Å². The van der Waals surface area contributed by atoms with Crippen LogP contribution >= 0.6 is 0 Å². The van der Waals surface area contributed by atoms with Gasteiger partial charge in [0.1, 0.15) is 11.6 Å². The van der Waals surface area contributed by atoms with Crippen LogP contribution in [-0.2, 0) is 14.8 Å². The van der Waals surface area contributed by atoms with Crippen LogP contribution in [0.2, 0.25) is 0 Å². The SMILES string of the molecule is Cc1cc2c(cc1S(=O)(=O)N1CCN(C(=O)c3ccccc3F)CC1)O[C@@H](C)C(=O)N2. The van der Waals surface area contributed by atoms with Crippen LogP contribution in [0.25, 0.3) is 0 Å². The van der Waals surface area contributed by atoms with Gasteiger partial charge in [-0.2, -0.15) is 4.31 Å². The minimum atomic E-state index is -3.85. The molecule has 0 bridgehead atoms. The number of hydrogen-bond donors (Lipinski definition) is 1. The summed E-state index contributed by atoms with van der Waals surface area (Å²) < 4.78 is 47.3. The molecule has 2 aromatic rings. The first kappa shape index (κ1) is 21.3. The van der Waals surface area contributed by atoms with Crippen molar-refractivity contribution >= 4 is 27.5 Å². The number of carbonyl (C=O) groups excluding carboxylic acids is 2. The summed E-state index contributed by atoms with van der Waals surface area (Å²) in [5.41, 5.74) is 0.875. The molecule has 2 aliphatic rings. The number of piperazine rings is 1. The van der Waals surface area contributed by atoms with Crippen molar-refractivity contribution in [2.24, 2.45) is 0 Å². The van der Waals surface area contributed by atoms with E-state index >= 15 is 0 Å². The number of fused-ring (bicyclic) bond motifs is 1. The molecule has 0 saturated carbocycles. The molecule has 1 atom stereocenters. The Morgan fingerprint density at radius 2 is 1.84 bits per heavy atom. The predicted octanol–water partition coefficient (Wildman–Crippen LogP) is 2.00. The Bertz CT molecular complexity index is 1160. The summed E-state index contributed by atoms with van der Waals surface area (Å²) >= 11 is 0. The molecule has 1 fully saturated rings. The molecule has 0 radical (unpaired) electrons. The summed E-state index contributed by atoms with van der Waals surface area (Å²) in [6, 6.07) is 8.72. The molecule has 0 aromatic heterocycles. The van der Waals surface area contributed by atoms with Gasteiger partial charge in [0.05, 0.1) is 16.1 Å². The Labute approximate surface area is 179 Å². The fraction of sp³-hybridized carbons (Fsp3) is 0.333. The minimum Gasteiger partial charge on any atom is -0.479 e. The van der Waals surface area contributed by atoms with E-state index in [1.165, 1.54) is 33.5 Å². The van der Waals surface area contributed by atoms with Gasteiger partial charge in [0, 0.05) is 32.2 Å². The number of halogens is 1. The number of sulfonamides is 1. The minimum absolute atomic E-state index is 0.0299. The highest BCUT2D eigenvalue weighted by Gasteiger charge is 2.34. The lowest BCUT2D eigenvalue weighted by Crippen LogP contribution is -2.50. The first-order valence-electron chi connectivity index (χ1n) is 9.84. The van der Waals surface area contributed by atoms with Crippen LogP contribution < -0.4 is 10.1 Å². The average Bonchev–Trinajstić information content (AvgIpc) is 2.74. The number of ether oxygens (including phenoxy) is 1. The Kier molecular flexibility index (Phi) is 5.44. The molecule has 2 aromatic carbocycles. The van der Waals surface area contributed by atoms with Gasteiger partial charge in [0.2, 0.25) is 10.0 Å². The number of rotatable bonds is 3. The zero-order valence-electron chi connectivity index (χ0n) is 17.1. The Morgan fingerprint density at radius 1 is 1.16 bits per heavy atom. The van der Waals surface area contributed by atoms with Gasteiger partial charge in [-0.25, -0.2) is 12.8 Å². The summed E-state index contributed by atoms with van der Waals surface area (Å²) in [6.45, 7) is 3.72. The van der Waals surface area contributed by atoms with Crippen LogP contribution in [0.3, 0.4) is 0 Å². The van der Waals surface area contributed by atoms with Gasteiger partial charge in [-0.3, -0.25) is 9.59 Å². The van der Waals surface area contributed by atoms with Crippen LogP contribution in [-0.4, -0.2) is 61.7 Å². The maximum Gasteiger partial charge on any atom is 0.265 e. The van der Waals surface area contributed by atoms with Crippen molar-refractivity contribution in [1.29, 1.82) is 0 Å². The highest BCUT2D eigenvalue weighted by molar-refractivity contribution is 7.89. The van der Waals surface area contributed by atoms with Crippen molar-refractivity contribution in [1.82, 2.24) is 9.21 Å². The van der Waals surface area contributed by atoms with E-state index in [0.29, 0.717) is 17.0 Å². The lowest BCUT2D eigenvalue weighted by Gasteiger charge is -2.34. The number of carbonyl (C=O) groups is 2. The van der Waals surface area contributed by atoms with E-state index in [9.17, 15) is 22.4 Å². The zero-order valence-corrected chi connectivity index (χ0v) is 17.9. The first-order chi connectivity index (χ1) is 14.7. The highest BCUT2D eigenvalue weighted by Crippen LogP contribution is 2.35. The van der Waals surface area contributed by atoms with Gasteiger partial charge in [0.15, 0.2) is 6.10 Å². The normalized spacial score (nSPS) is 19.4. The summed E-state index contributed by atoms with van der Waals surface area (Å²) in [4.78, 5) is 25.9. The Balaban J connectivity index is 1.52. The molecule has 1 N–H and O–H groups in total. The first-order valence-corrected chi connectivity index (χ1v) is 11.3. The molecule has 0 unspecified atom stereocenters. The van der Waals surface area contributed by atoms with E-state index in [2.05, 4.69) is 5.32 Å². The van der Waals surface area contributed by atoms with Crippen molar-refractivity contribution < 1.29 is 27.1 Å². The molecule has 0 spiro atoms. The number of nitrogens with zero attached hydrogens (tertiary/aromatic N) is 2. The highest BCUT2D eigenvalue weighted by atomic mass is 32.2. The number of aryl methyl sites for hydroxylation is 1. The summed E-state index contributed by atoms with van der Waals surface area (Å²) in [5.74, 6) is -1.06. The van der Waals surface area contributed by atoms with E-state index in [0.717, 1.165) is 0 Å². The Hall–Kier alpha value is -2.98. The van der Waals surface area contributed by atoms with Gasteiger partial charge in [-0.15, -0.1) is 0 Å². The molecule has 1 saturated heterocycles. The maximum absolute atomic E-state index is 13.9. The van der Waals surface area contributed by atoms with Crippen LogP contribution in [0.15, 0.2) is 41.3 Å². The third-order valence-corrected chi connectivity index (χ3v) is 7.50. The third-order valence-electron chi connectivity index (χ3n) is 5.46. The summed E-state index contributed by atoms with van der Waals surface area (Å²) in [7, 11) is -3.85. The predicted molar refractivity (Wildman–Crippen MR) is 111 cm³/mol. The topological polar surface area (TPSA) is 96.0 Å². The second-order valence-electron chi connectivity index (χ2n) is 7.54. The van der Waals surface area contributed by atoms with Gasteiger partial charge in [-0.1, -0.05) is 12.1 Å². The largest absolute Gasteiger partial charge is 0.479 e. The van der Waals surface area contributed by atoms with E-state index < -0.39 is 27.9 Å². The van der Waals surface area contributed by atoms with Crippen molar-refractivity contribution in [3.05, 3.63) is 53.3 Å². The number of nitrogens with one attached hydrogen (secondary N) is 1.